The fourth-order valence-electron chi connectivity index (χ4n) is 1.66. The third-order valence-electron chi connectivity index (χ3n) is 2.72. The minimum absolute atomic E-state index is 0.205. The molecular weight excluding hydrogens is 284 g/mol. The lowest BCUT2D eigenvalue weighted by molar-refractivity contribution is 0.206. The van der Waals surface area contributed by atoms with Crippen molar-refractivity contribution in [3.63, 3.8) is 0 Å². The van der Waals surface area contributed by atoms with Gasteiger partial charge in [-0.05, 0) is 19.1 Å². The molecule has 3 N–H and O–H groups in total. The van der Waals surface area contributed by atoms with Gasteiger partial charge in [0.15, 0.2) is 5.66 Å². The Hall–Kier alpha value is -1.56. The van der Waals surface area contributed by atoms with Crippen molar-refractivity contribution in [3.8, 4) is 0 Å². The first-order valence-corrected chi connectivity index (χ1v) is 5.89. The molecule has 17 heavy (non-hydrogen) atoms. The van der Waals surface area contributed by atoms with E-state index in [0.717, 1.165) is 10.0 Å². The highest BCUT2D eigenvalue weighted by atomic mass is 79.9. The Kier molecular flexibility index (Phi) is 2.82. The van der Waals surface area contributed by atoms with Crippen LogP contribution in [0.1, 0.15) is 12.5 Å². The summed E-state index contributed by atoms with van der Waals surface area (Å²) in [5.41, 5.74) is 5.77. The molecule has 1 aromatic rings. The van der Waals surface area contributed by atoms with Crippen LogP contribution >= 0.6 is 15.9 Å². The lowest BCUT2D eigenvalue weighted by atomic mass is 10.0. The maximum absolute atomic E-state index is 11.7. The van der Waals surface area contributed by atoms with E-state index in [-0.39, 0.29) is 12.0 Å². The largest absolute Gasteiger partial charge is 0.369 e. The zero-order valence-electron chi connectivity index (χ0n) is 9.57. The number of guanidine groups is 1. The van der Waals surface area contributed by atoms with Gasteiger partial charge in [0.2, 0.25) is 5.96 Å². The number of carbonyl (C=O) groups excluding carboxylic acids is 1. The second-order valence-electron chi connectivity index (χ2n) is 4.04. The summed E-state index contributed by atoms with van der Waals surface area (Å²) in [4.78, 5) is 17.3. The molecule has 1 aromatic carbocycles. The topological polar surface area (TPSA) is 70.7 Å². The predicted octanol–water partition coefficient (Wildman–Crippen LogP) is 1.59. The average Bonchev–Trinajstić information content (AvgIpc) is 2.26. The molecule has 5 nitrogen and oxygen atoms in total. The van der Waals surface area contributed by atoms with Gasteiger partial charge >= 0.3 is 6.03 Å². The molecule has 1 aliphatic heterocycles. The quantitative estimate of drug-likeness (QED) is 0.826. The van der Waals surface area contributed by atoms with E-state index in [1.165, 1.54) is 4.90 Å². The van der Waals surface area contributed by atoms with Crippen LogP contribution in [0.5, 0.6) is 0 Å². The molecule has 1 atom stereocenters. The van der Waals surface area contributed by atoms with Gasteiger partial charge in [-0.3, -0.25) is 4.90 Å². The Morgan fingerprint density at radius 1 is 1.53 bits per heavy atom. The van der Waals surface area contributed by atoms with Gasteiger partial charge in [-0.2, -0.15) is 0 Å². The molecule has 2 rings (SSSR count). The number of aliphatic imine (C=N–C) groups is 1. The van der Waals surface area contributed by atoms with Crippen LogP contribution in [0.15, 0.2) is 33.7 Å². The second-order valence-corrected chi connectivity index (χ2v) is 4.96. The highest BCUT2D eigenvalue weighted by Crippen LogP contribution is 2.27. The molecule has 0 bridgehead atoms. The number of rotatable bonds is 1. The third kappa shape index (κ3) is 2.12. The van der Waals surface area contributed by atoms with E-state index in [1.807, 2.05) is 31.2 Å². The summed E-state index contributed by atoms with van der Waals surface area (Å²) in [6, 6.07) is 7.34. The molecule has 1 heterocycles. The van der Waals surface area contributed by atoms with Crippen LogP contribution in [0.4, 0.5) is 4.79 Å². The number of benzene rings is 1. The fourth-order valence-corrected chi connectivity index (χ4v) is 2.06. The van der Waals surface area contributed by atoms with E-state index in [0.29, 0.717) is 0 Å². The number of amides is 2. The van der Waals surface area contributed by atoms with Crippen molar-refractivity contribution < 1.29 is 4.79 Å². The lowest BCUT2D eigenvalue weighted by Gasteiger charge is -2.35. The number of urea groups is 1. The monoisotopic (exact) mass is 296 g/mol. The van der Waals surface area contributed by atoms with Crippen LogP contribution in [0.25, 0.3) is 0 Å². The molecular formula is C11H13BrN4O. The van der Waals surface area contributed by atoms with E-state index >= 15 is 0 Å². The van der Waals surface area contributed by atoms with Crippen molar-refractivity contribution in [3.05, 3.63) is 34.3 Å². The third-order valence-corrected chi connectivity index (χ3v) is 3.22. The number of carbonyl (C=O) groups is 1. The summed E-state index contributed by atoms with van der Waals surface area (Å²) in [5.74, 6) is 0.205. The van der Waals surface area contributed by atoms with Gasteiger partial charge in [-0.15, -0.1) is 0 Å². The first-order chi connectivity index (χ1) is 7.92. The van der Waals surface area contributed by atoms with Crippen molar-refractivity contribution in [2.45, 2.75) is 12.6 Å². The minimum Gasteiger partial charge on any atom is -0.369 e. The molecule has 2 amide bonds. The van der Waals surface area contributed by atoms with E-state index in [4.69, 9.17) is 5.73 Å². The SMILES string of the molecule is CN1C(=O)NC(C)(c2cccc(Br)c2)N=C1N. The predicted molar refractivity (Wildman–Crippen MR) is 69.4 cm³/mol. The molecule has 0 saturated carbocycles. The summed E-state index contributed by atoms with van der Waals surface area (Å²) in [6.45, 7) is 1.81. The highest BCUT2D eigenvalue weighted by Gasteiger charge is 2.34. The van der Waals surface area contributed by atoms with E-state index in [1.54, 1.807) is 7.05 Å². The first kappa shape index (κ1) is 11.9. The van der Waals surface area contributed by atoms with Gasteiger partial charge in [0.25, 0.3) is 0 Å². The number of nitrogens with zero attached hydrogens (tertiary/aromatic N) is 2. The Labute approximate surface area is 108 Å². The van der Waals surface area contributed by atoms with Crippen molar-refractivity contribution in [1.29, 1.82) is 0 Å². The summed E-state index contributed by atoms with van der Waals surface area (Å²) in [7, 11) is 1.58. The number of hydrogen-bond acceptors (Lipinski definition) is 3. The normalized spacial score (nSPS) is 24.3. The molecule has 0 fully saturated rings. The maximum Gasteiger partial charge on any atom is 0.326 e. The van der Waals surface area contributed by atoms with E-state index < -0.39 is 5.66 Å². The summed E-state index contributed by atoms with van der Waals surface area (Å²) in [5, 5.41) is 2.82. The molecule has 0 aromatic heterocycles. The molecule has 1 aliphatic rings. The van der Waals surface area contributed by atoms with Crippen LogP contribution in [-0.4, -0.2) is 23.9 Å². The van der Waals surface area contributed by atoms with Gasteiger partial charge in [-0.1, -0.05) is 28.1 Å². The Morgan fingerprint density at radius 3 is 2.82 bits per heavy atom. The molecule has 0 spiro atoms. The summed E-state index contributed by atoms with van der Waals surface area (Å²) >= 11 is 3.39. The van der Waals surface area contributed by atoms with Crippen LogP contribution in [0.3, 0.4) is 0 Å². The fraction of sp³-hybridized carbons (Fsp3) is 0.273. The standard InChI is InChI=1S/C11H13BrN4O/c1-11(7-4-3-5-8(12)6-7)14-9(13)16(2)10(17)15-11/h3-6H,1-2H3,(H2,13,14)(H,15,17). The van der Waals surface area contributed by atoms with Gasteiger partial charge in [-0.25, -0.2) is 9.79 Å². The van der Waals surface area contributed by atoms with Gasteiger partial charge in [0, 0.05) is 17.1 Å². The second kappa shape index (κ2) is 4.03. The lowest BCUT2D eigenvalue weighted by Crippen LogP contribution is -2.57. The van der Waals surface area contributed by atoms with Gasteiger partial charge in [0.1, 0.15) is 0 Å². The zero-order valence-corrected chi connectivity index (χ0v) is 11.2. The van der Waals surface area contributed by atoms with E-state index in [9.17, 15) is 4.79 Å². The Bertz CT molecular complexity index is 502. The van der Waals surface area contributed by atoms with Crippen molar-refractivity contribution in [1.82, 2.24) is 10.2 Å². The van der Waals surface area contributed by atoms with Crippen LogP contribution in [0, 0.1) is 0 Å². The number of nitrogens with two attached hydrogens (primary N) is 1. The molecule has 0 aliphatic carbocycles. The number of hydrogen-bond donors (Lipinski definition) is 2. The number of nitrogens with one attached hydrogen (secondary N) is 1. The number of halogens is 1. The first-order valence-electron chi connectivity index (χ1n) is 5.09. The Balaban J connectivity index is 2.47. The molecule has 0 saturated heterocycles. The molecule has 1 unspecified atom stereocenters. The highest BCUT2D eigenvalue weighted by molar-refractivity contribution is 9.10. The van der Waals surface area contributed by atoms with Crippen LogP contribution in [0.2, 0.25) is 0 Å². The zero-order chi connectivity index (χ0) is 12.6. The average molecular weight is 297 g/mol. The Morgan fingerprint density at radius 2 is 2.24 bits per heavy atom. The minimum atomic E-state index is -0.822. The van der Waals surface area contributed by atoms with Crippen molar-refractivity contribution >= 4 is 27.9 Å². The van der Waals surface area contributed by atoms with Crippen LogP contribution in [-0.2, 0) is 5.66 Å². The summed E-state index contributed by atoms with van der Waals surface area (Å²) < 4.78 is 0.929. The van der Waals surface area contributed by atoms with Crippen molar-refractivity contribution in [2.24, 2.45) is 10.7 Å². The summed E-state index contributed by atoms with van der Waals surface area (Å²) in [6.07, 6.45) is 0. The smallest absolute Gasteiger partial charge is 0.326 e. The molecule has 6 heteroatoms. The maximum atomic E-state index is 11.7. The van der Waals surface area contributed by atoms with Crippen LogP contribution < -0.4 is 11.1 Å². The van der Waals surface area contributed by atoms with Crippen molar-refractivity contribution in [2.75, 3.05) is 7.05 Å². The van der Waals surface area contributed by atoms with Gasteiger partial charge in [0.05, 0.1) is 0 Å². The van der Waals surface area contributed by atoms with E-state index in [2.05, 4.69) is 26.2 Å². The molecule has 0 radical (unpaired) electrons. The molecule has 90 valence electrons. The van der Waals surface area contributed by atoms with Gasteiger partial charge < -0.3 is 11.1 Å².